The van der Waals surface area contributed by atoms with Crippen molar-refractivity contribution in [2.75, 3.05) is 5.32 Å². The third-order valence-electron chi connectivity index (χ3n) is 6.04. The van der Waals surface area contributed by atoms with Crippen LogP contribution in [0, 0.1) is 0 Å². The van der Waals surface area contributed by atoms with E-state index in [1.165, 1.54) is 0 Å². The first kappa shape index (κ1) is 15.9. The van der Waals surface area contributed by atoms with Gasteiger partial charge in [-0.3, -0.25) is 9.13 Å². The van der Waals surface area contributed by atoms with Crippen LogP contribution in [-0.2, 0) is 7.05 Å². The summed E-state index contributed by atoms with van der Waals surface area (Å²) in [6, 6.07) is 8.86. The predicted octanol–water partition coefficient (Wildman–Crippen LogP) is 2.63. The molecule has 1 aromatic carbocycles. The number of aromatic nitrogens is 6. The monoisotopic (exact) mass is 375 g/mol. The van der Waals surface area contributed by atoms with Crippen molar-refractivity contribution in [3.8, 4) is 0 Å². The van der Waals surface area contributed by atoms with Crippen LogP contribution in [0.1, 0.15) is 37.8 Å². The number of fused-ring (bicyclic) bond motifs is 2. The molecule has 2 saturated carbocycles. The second kappa shape index (κ2) is 5.67. The summed E-state index contributed by atoms with van der Waals surface area (Å²) < 4.78 is 5.78. The maximum atomic E-state index is 13.0. The van der Waals surface area contributed by atoms with Crippen molar-refractivity contribution in [2.24, 2.45) is 7.05 Å². The minimum absolute atomic E-state index is 0.0369. The van der Waals surface area contributed by atoms with Crippen molar-refractivity contribution in [1.82, 2.24) is 28.7 Å². The Labute approximate surface area is 160 Å². The molecule has 0 bridgehead atoms. The van der Waals surface area contributed by atoms with Crippen molar-refractivity contribution >= 4 is 28.3 Å². The molecule has 28 heavy (non-hydrogen) atoms. The van der Waals surface area contributed by atoms with Gasteiger partial charge in [0.25, 0.3) is 0 Å². The first-order valence-corrected chi connectivity index (χ1v) is 9.82. The molecule has 0 radical (unpaired) electrons. The van der Waals surface area contributed by atoms with E-state index in [9.17, 15) is 4.79 Å². The molecule has 0 amide bonds. The van der Waals surface area contributed by atoms with Gasteiger partial charge < -0.3 is 9.88 Å². The van der Waals surface area contributed by atoms with E-state index in [0.29, 0.717) is 17.7 Å². The van der Waals surface area contributed by atoms with Crippen LogP contribution < -0.4 is 11.0 Å². The van der Waals surface area contributed by atoms with E-state index in [-0.39, 0.29) is 11.7 Å². The summed E-state index contributed by atoms with van der Waals surface area (Å²) >= 11 is 0. The fourth-order valence-corrected chi connectivity index (χ4v) is 4.33. The minimum Gasteiger partial charge on any atom is -0.353 e. The Morgan fingerprint density at radius 2 is 1.68 bits per heavy atom. The molecule has 142 valence electrons. The largest absolute Gasteiger partial charge is 0.353 e. The van der Waals surface area contributed by atoms with Crippen molar-refractivity contribution in [1.29, 1.82) is 0 Å². The predicted molar refractivity (Wildman–Crippen MR) is 106 cm³/mol. The molecule has 3 aromatic heterocycles. The first-order chi connectivity index (χ1) is 13.7. The SMILES string of the molecule is Cn1c(N[C@H]2C[C@H](n3c(=O)n(C4CC4)c4nccnc43)C2)nc2ccccc21. The van der Waals surface area contributed by atoms with Crippen LogP contribution in [0.5, 0.6) is 0 Å². The molecule has 2 fully saturated rings. The molecule has 3 heterocycles. The number of rotatable bonds is 4. The normalized spacial score (nSPS) is 21.9. The molecular formula is C20H21N7O. The second-order valence-electron chi connectivity index (χ2n) is 7.91. The fourth-order valence-electron chi connectivity index (χ4n) is 4.33. The van der Waals surface area contributed by atoms with Crippen LogP contribution in [0.15, 0.2) is 41.5 Å². The van der Waals surface area contributed by atoms with Gasteiger partial charge in [0.2, 0.25) is 5.95 Å². The van der Waals surface area contributed by atoms with E-state index in [1.807, 2.05) is 34.4 Å². The van der Waals surface area contributed by atoms with Gasteiger partial charge in [0.15, 0.2) is 11.3 Å². The van der Waals surface area contributed by atoms with Crippen LogP contribution in [0.2, 0.25) is 0 Å². The van der Waals surface area contributed by atoms with Gasteiger partial charge in [-0.2, -0.15) is 0 Å². The maximum absolute atomic E-state index is 13.0. The molecule has 0 unspecified atom stereocenters. The van der Waals surface area contributed by atoms with Crippen LogP contribution in [-0.4, -0.2) is 34.7 Å². The summed E-state index contributed by atoms with van der Waals surface area (Å²) in [6.45, 7) is 0. The maximum Gasteiger partial charge on any atom is 0.332 e. The van der Waals surface area contributed by atoms with Gasteiger partial charge in [-0.15, -0.1) is 0 Å². The third kappa shape index (κ3) is 2.23. The van der Waals surface area contributed by atoms with Crippen molar-refractivity contribution < 1.29 is 0 Å². The Bertz CT molecular complexity index is 1260. The number of hydrogen-bond acceptors (Lipinski definition) is 5. The van der Waals surface area contributed by atoms with Gasteiger partial charge in [0, 0.05) is 37.6 Å². The highest BCUT2D eigenvalue weighted by atomic mass is 16.2. The molecule has 0 aliphatic heterocycles. The van der Waals surface area contributed by atoms with Gasteiger partial charge in [-0.05, 0) is 37.8 Å². The highest BCUT2D eigenvalue weighted by Gasteiger charge is 2.37. The lowest BCUT2D eigenvalue weighted by Gasteiger charge is -2.36. The zero-order chi connectivity index (χ0) is 18.8. The van der Waals surface area contributed by atoms with Gasteiger partial charge in [-0.25, -0.2) is 19.7 Å². The summed E-state index contributed by atoms with van der Waals surface area (Å²) in [7, 11) is 2.02. The molecule has 8 heteroatoms. The zero-order valence-corrected chi connectivity index (χ0v) is 15.6. The average Bonchev–Trinajstić information content (AvgIpc) is 3.40. The van der Waals surface area contributed by atoms with Crippen LogP contribution in [0.4, 0.5) is 5.95 Å². The molecule has 8 nitrogen and oxygen atoms in total. The van der Waals surface area contributed by atoms with E-state index >= 15 is 0 Å². The molecular weight excluding hydrogens is 354 g/mol. The molecule has 6 rings (SSSR count). The minimum atomic E-state index is 0.0369. The van der Waals surface area contributed by atoms with E-state index in [1.54, 1.807) is 12.4 Å². The number of benzene rings is 1. The number of anilines is 1. The second-order valence-corrected chi connectivity index (χ2v) is 7.91. The summed E-state index contributed by atoms with van der Waals surface area (Å²) in [4.78, 5) is 26.6. The van der Waals surface area contributed by atoms with Gasteiger partial charge in [0.1, 0.15) is 0 Å². The summed E-state index contributed by atoms with van der Waals surface area (Å²) in [6.07, 6.45) is 7.20. The van der Waals surface area contributed by atoms with Crippen molar-refractivity contribution in [2.45, 2.75) is 43.8 Å². The lowest BCUT2D eigenvalue weighted by Crippen LogP contribution is -2.41. The van der Waals surface area contributed by atoms with E-state index in [2.05, 4.69) is 25.9 Å². The highest BCUT2D eigenvalue weighted by molar-refractivity contribution is 5.78. The Kier molecular flexibility index (Phi) is 3.21. The number of aryl methyl sites for hydroxylation is 1. The molecule has 1 N–H and O–H groups in total. The lowest BCUT2D eigenvalue weighted by molar-refractivity contribution is 0.278. The zero-order valence-electron chi connectivity index (χ0n) is 15.6. The van der Waals surface area contributed by atoms with Gasteiger partial charge in [-0.1, -0.05) is 12.1 Å². The van der Waals surface area contributed by atoms with E-state index in [0.717, 1.165) is 48.3 Å². The molecule has 0 spiro atoms. The van der Waals surface area contributed by atoms with Gasteiger partial charge >= 0.3 is 5.69 Å². The number of para-hydroxylation sites is 2. The fraction of sp³-hybridized carbons (Fsp3) is 0.400. The smallest absolute Gasteiger partial charge is 0.332 e. The van der Waals surface area contributed by atoms with Gasteiger partial charge in [0.05, 0.1) is 11.0 Å². The highest BCUT2D eigenvalue weighted by Crippen LogP contribution is 2.39. The molecule has 2 aliphatic carbocycles. The summed E-state index contributed by atoms with van der Waals surface area (Å²) in [5, 5.41) is 3.54. The Morgan fingerprint density at radius 1 is 1.00 bits per heavy atom. The lowest BCUT2D eigenvalue weighted by atomic mass is 9.86. The summed E-state index contributed by atoms with van der Waals surface area (Å²) in [5.74, 6) is 0.872. The van der Waals surface area contributed by atoms with Crippen molar-refractivity contribution in [3.63, 3.8) is 0 Å². The molecule has 4 aromatic rings. The molecule has 2 aliphatic rings. The Balaban J connectivity index is 1.27. The first-order valence-electron chi connectivity index (χ1n) is 9.82. The average molecular weight is 375 g/mol. The topological polar surface area (TPSA) is 82.6 Å². The Hall–Kier alpha value is -3.16. The third-order valence-corrected chi connectivity index (χ3v) is 6.04. The molecule has 0 atom stereocenters. The van der Waals surface area contributed by atoms with Crippen LogP contribution in [0.3, 0.4) is 0 Å². The summed E-state index contributed by atoms with van der Waals surface area (Å²) in [5.41, 5.74) is 3.57. The number of imidazole rings is 2. The van der Waals surface area contributed by atoms with E-state index in [4.69, 9.17) is 4.98 Å². The standard InChI is InChI=1S/C20H21N7O/c1-25-16-5-3-2-4-15(16)24-19(25)23-12-10-14(11-12)27-18-17(21-8-9-22-18)26(20(27)28)13-6-7-13/h2-5,8-9,12-14H,6-7,10-11H2,1H3,(H,23,24)/t12-,14-. The number of nitrogens with zero attached hydrogens (tertiary/aromatic N) is 6. The number of nitrogens with one attached hydrogen (secondary N) is 1. The Morgan fingerprint density at radius 3 is 2.36 bits per heavy atom. The molecule has 0 saturated heterocycles. The van der Waals surface area contributed by atoms with Crippen LogP contribution >= 0.6 is 0 Å². The number of hydrogen-bond donors (Lipinski definition) is 1. The van der Waals surface area contributed by atoms with Crippen molar-refractivity contribution in [3.05, 3.63) is 47.1 Å². The van der Waals surface area contributed by atoms with Crippen LogP contribution in [0.25, 0.3) is 22.3 Å². The quantitative estimate of drug-likeness (QED) is 0.593. The van der Waals surface area contributed by atoms with E-state index < -0.39 is 0 Å².